The molecule has 8 heteroatoms. The van der Waals surface area contributed by atoms with Crippen molar-refractivity contribution >= 4 is 13.5 Å². The molecule has 23 heavy (non-hydrogen) atoms. The van der Waals surface area contributed by atoms with Gasteiger partial charge in [-0.1, -0.05) is 12.1 Å². The first-order valence-corrected chi connectivity index (χ1v) is 8.53. The first-order valence-electron chi connectivity index (χ1n) is 6.96. The van der Waals surface area contributed by atoms with Crippen LogP contribution in [0, 0.1) is 0 Å². The maximum Gasteiger partial charge on any atom is 0.448 e. The molecule has 0 spiro atoms. The smallest absolute Gasteiger partial charge is 0.448 e. The van der Waals surface area contributed by atoms with Crippen molar-refractivity contribution in [2.45, 2.75) is 25.4 Å². The van der Waals surface area contributed by atoms with Gasteiger partial charge < -0.3 is 25.1 Å². The van der Waals surface area contributed by atoms with Crippen molar-refractivity contribution in [3.63, 3.8) is 0 Å². The molecule has 124 valence electrons. The molecule has 1 atom stereocenters. The van der Waals surface area contributed by atoms with E-state index in [-0.39, 0.29) is 35.6 Å². The first kappa shape index (κ1) is 17.4. The minimum atomic E-state index is -4.62. The highest BCUT2D eigenvalue weighted by Crippen LogP contribution is 2.38. The molecule has 1 unspecified atom stereocenters. The second-order valence-corrected chi connectivity index (χ2v) is 6.44. The summed E-state index contributed by atoms with van der Waals surface area (Å²) < 4.78 is 14.4. The van der Waals surface area contributed by atoms with E-state index in [4.69, 9.17) is 9.79 Å². The maximum absolute atomic E-state index is 11.1. The molecule has 0 aliphatic heterocycles. The number of rotatable bonds is 5. The molecule has 0 fully saturated rings. The van der Waals surface area contributed by atoms with E-state index in [2.05, 4.69) is 4.76 Å². The van der Waals surface area contributed by atoms with Crippen molar-refractivity contribution in [3.05, 3.63) is 53.3 Å². The van der Waals surface area contributed by atoms with Gasteiger partial charge in [0.05, 0.1) is 11.8 Å². The molecular formula is C15H18NO6P. The number of aliphatic hydroxyl groups is 2. The van der Waals surface area contributed by atoms with Gasteiger partial charge in [0.2, 0.25) is 0 Å². The zero-order chi connectivity index (χ0) is 17.0. The fraction of sp³-hybridized carbons (Fsp3) is 0.267. The lowest BCUT2D eigenvalue weighted by Gasteiger charge is -2.19. The first-order chi connectivity index (χ1) is 10.7. The van der Waals surface area contributed by atoms with Crippen molar-refractivity contribution in [2.75, 3.05) is 0 Å². The number of allylic oxidation sites excluding steroid dienone is 2. The minimum Gasteiger partial charge on any atom is -0.508 e. The number of aryl methyl sites for hydroxylation is 1. The molecule has 0 amide bonds. The molecule has 0 radical (unpaired) electrons. The molecule has 1 aromatic rings. The Morgan fingerprint density at radius 3 is 2.43 bits per heavy atom. The highest BCUT2D eigenvalue weighted by molar-refractivity contribution is 7.50. The third-order valence-electron chi connectivity index (χ3n) is 3.39. The SMILES string of the molecule is O=P(O)(O)N=C1CC=C(O)C=C1C(O)CCc1ccc(O)cc1. The molecule has 7 nitrogen and oxygen atoms in total. The Balaban J connectivity index is 2.12. The molecule has 2 rings (SSSR count). The van der Waals surface area contributed by atoms with E-state index >= 15 is 0 Å². The zero-order valence-corrected chi connectivity index (χ0v) is 13.1. The Morgan fingerprint density at radius 1 is 1.17 bits per heavy atom. The van der Waals surface area contributed by atoms with Crippen LogP contribution >= 0.6 is 7.75 Å². The van der Waals surface area contributed by atoms with Gasteiger partial charge in [0.25, 0.3) is 0 Å². The number of hydrogen-bond donors (Lipinski definition) is 5. The van der Waals surface area contributed by atoms with Crippen LogP contribution in [0.25, 0.3) is 0 Å². The standard InChI is InChI=1S/C15H18NO6P/c17-11-4-1-10(2-5-11)3-8-15(19)13-9-12(18)6-7-14(13)16-23(20,21)22/h1-2,4-6,9,15,17-19H,3,7-8H2,(H2,20,21,22). The van der Waals surface area contributed by atoms with Crippen LogP contribution in [0.3, 0.4) is 0 Å². The van der Waals surface area contributed by atoms with E-state index in [0.717, 1.165) is 5.56 Å². The van der Waals surface area contributed by atoms with Crippen LogP contribution in [0.15, 0.2) is 52.5 Å². The van der Waals surface area contributed by atoms with E-state index in [9.17, 15) is 19.9 Å². The van der Waals surface area contributed by atoms with Gasteiger partial charge in [-0.2, -0.15) is 4.76 Å². The van der Waals surface area contributed by atoms with Crippen LogP contribution in [-0.2, 0) is 11.0 Å². The largest absolute Gasteiger partial charge is 0.508 e. The topological polar surface area (TPSA) is 131 Å². The molecule has 0 saturated carbocycles. The lowest BCUT2D eigenvalue weighted by Crippen LogP contribution is -2.21. The number of aromatic hydroxyl groups is 1. The van der Waals surface area contributed by atoms with E-state index < -0.39 is 13.9 Å². The number of phenols is 1. The summed E-state index contributed by atoms with van der Waals surface area (Å²) in [6, 6.07) is 6.52. The van der Waals surface area contributed by atoms with Crippen LogP contribution < -0.4 is 0 Å². The molecule has 1 aromatic carbocycles. The van der Waals surface area contributed by atoms with E-state index in [0.29, 0.717) is 6.42 Å². The zero-order valence-electron chi connectivity index (χ0n) is 12.2. The second-order valence-electron chi connectivity index (χ2n) is 5.21. The Morgan fingerprint density at radius 2 is 1.83 bits per heavy atom. The maximum atomic E-state index is 11.1. The van der Waals surface area contributed by atoms with Crippen LogP contribution in [0.1, 0.15) is 18.4 Å². The van der Waals surface area contributed by atoms with Crippen LogP contribution in [0.4, 0.5) is 0 Å². The highest BCUT2D eigenvalue weighted by atomic mass is 31.2. The molecule has 0 saturated heterocycles. The predicted molar refractivity (Wildman–Crippen MR) is 85.3 cm³/mol. The summed E-state index contributed by atoms with van der Waals surface area (Å²) in [6.45, 7) is 0. The van der Waals surface area contributed by atoms with Crippen molar-refractivity contribution in [1.29, 1.82) is 0 Å². The number of hydrogen-bond acceptors (Lipinski definition) is 4. The minimum absolute atomic E-state index is 0.0407. The highest BCUT2D eigenvalue weighted by Gasteiger charge is 2.23. The average molecular weight is 339 g/mol. The van der Waals surface area contributed by atoms with Crippen molar-refractivity contribution in [2.24, 2.45) is 4.76 Å². The van der Waals surface area contributed by atoms with Crippen LogP contribution in [0.2, 0.25) is 0 Å². The number of benzene rings is 1. The summed E-state index contributed by atoms with van der Waals surface area (Å²) in [6.07, 6.45) is 2.42. The quantitative estimate of drug-likeness (QED) is 0.522. The van der Waals surface area contributed by atoms with Gasteiger partial charge in [0, 0.05) is 12.0 Å². The summed E-state index contributed by atoms with van der Waals surface area (Å²) >= 11 is 0. The fourth-order valence-corrected chi connectivity index (χ4v) is 2.80. The lowest BCUT2D eigenvalue weighted by atomic mass is 9.93. The number of nitrogens with zero attached hydrogens (tertiary/aromatic N) is 1. The van der Waals surface area contributed by atoms with Gasteiger partial charge in [-0.05, 0) is 42.7 Å². The van der Waals surface area contributed by atoms with Crippen LogP contribution in [0.5, 0.6) is 5.75 Å². The van der Waals surface area contributed by atoms with Crippen molar-refractivity contribution in [3.8, 4) is 5.75 Å². The summed E-state index contributed by atoms with van der Waals surface area (Å²) in [7, 11) is -4.62. The summed E-state index contributed by atoms with van der Waals surface area (Å²) in [4.78, 5) is 18.0. The van der Waals surface area contributed by atoms with Gasteiger partial charge in [-0.25, -0.2) is 4.57 Å². The van der Waals surface area contributed by atoms with Gasteiger partial charge in [-0.3, -0.25) is 0 Å². The molecule has 0 heterocycles. The average Bonchev–Trinajstić information content (AvgIpc) is 2.47. The predicted octanol–water partition coefficient (Wildman–Crippen LogP) is 1.99. The lowest BCUT2D eigenvalue weighted by molar-refractivity contribution is 0.205. The molecule has 0 bridgehead atoms. The summed E-state index contributed by atoms with van der Waals surface area (Å²) in [5.74, 6) is 0.0729. The Kier molecular flexibility index (Phi) is 5.38. The molecule has 1 aliphatic rings. The van der Waals surface area contributed by atoms with E-state index in [1.807, 2.05) is 0 Å². The van der Waals surface area contributed by atoms with Gasteiger partial charge in [0.1, 0.15) is 11.5 Å². The third kappa shape index (κ3) is 5.33. The Labute approximate surface area is 133 Å². The van der Waals surface area contributed by atoms with E-state index in [1.165, 1.54) is 24.3 Å². The van der Waals surface area contributed by atoms with Gasteiger partial charge >= 0.3 is 7.75 Å². The summed E-state index contributed by atoms with van der Waals surface area (Å²) in [5.41, 5.74) is 1.16. The molecular weight excluding hydrogens is 321 g/mol. The monoisotopic (exact) mass is 339 g/mol. The second kappa shape index (κ2) is 7.10. The molecule has 1 aliphatic carbocycles. The number of phenolic OH excluding ortho intramolecular Hbond substituents is 1. The van der Waals surface area contributed by atoms with Crippen molar-refractivity contribution < 1.29 is 29.7 Å². The third-order valence-corrected chi connectivity index (χ3v) is 3.90. The summed E-state index contributed by atoms with van der Waals surface area (Å²) in [5, 5.41) is 29.1. The van der Waals surface area contributed by atoms with E-state index in [1.54, 1.807) is 12.1 Å². The van der Waals surface area contributed by atoms with Crippen LogP contribution in [-0.4, -0.2) is 36.9 Å². The van der Waals surface area contributed by atoms with Gasteiger partial charge in [0.15, 0.2) is 0 Å². The Hall–Kier alpha value is -1.92. The normalized spacial score (nSPS) is 18.5. The van der Waals surface area contributed by atoms with Gasteiger partial charge in [-0.15, -0.1) is 0 Å². The Bertz CT molecular complexity index is 701. The molecule has 5 N–H and O–H groups in total. The number of aliphatic hydroxyl groups excluding tert-OH is 2. The molecule has 0 aromatic heterocycles. The fourth-order valence-electron chi connectivity index (χ4n) is 2.29. The van der Waals surface area contributed by atoms with Crippen molar-refractivity contribution in [1.82, 2.24) is 0 Å².